The average molecular weight is 507 g/mol. The van der Waals surface area contributed by atoms with Crippen LogP contribution in [-0.2, 0) is 23.9 Å². The van der Waals surface area contributed by atoms with Gasteiger partial charge < -0.3 is 4.74 Å². The first-order chi connectivity index (χ1) is 17.1. The number of carbonyl (C=O) groups excluding carboxylic acids is 4. The molecule has 208 valence electrons. The van der Waals surface area contributed by atoms with Crippen molar-refractivity contribution in [1.82, 2.24) is 0 Å². The third-order valence-corrected chi connectivity index (χ3v) is 7.37. The predicted molar refractivity (Wildman–Crippen MR) is 148 cm³/mol. The molecule has 0 amide bonds. The van der Waals surface area contributed by atoms with Gasteiger partial charge in [-0.15, -0.1) is 0 Å². The summed E-state index contributed by atoms with van der Waals surface area (Å²) in [6.45, 7) is 11.3. The Bertz CT molecular complexity index is 666. The minimum atomic E-state index is -1.13. The Labute approximate surface area is 221 Å². The number of rotatable bonds is 22. The van der Waals surface area contributed by atoms with E-state index in [0.717, 1.165) is 25.7 Å². The van der Waals surface area contributed by atoms with Crippen molar-refractivity contribution in [1.29, 1.82) is 0 Å². The molecule has 0 saturated heterocycles. The van der Waals surface area contributed by atoms with Gasteiger partial charge in [0.1, 0.15) is 12.2 Å². The van der Waals surface area contributed by atoms with Crippen molar-refractivity contribution in [2.45, 2.75) is 144 Å². The third-order valence-electron chi connectivity index (χ3n) is 7.37. The molecule has 5 heteroatoms. The average Bonchev–Trinajstić information content (AvgIpc) is 2.79. The SMILES string of the molecule is CCCCCCCC/C=C\CCCCCCCCC(C(=O)C(=O)OC(=O)CC(C)=O)(C(C)C)C(C)C. The van der Waals surface area contributed by atoms with E-state index >= 15 is 0 Å². The normalized spacial score (nSPS) is 12.0. The second-order valence-corrected chi connectivity index (χ2v) is 11.0. The van der Waals surface area contributed by atoms with Crippen LogP contribution in [0.3, 0.4) is 0 Å². The predicted octanol–water partition coefficient (Wildman–Crippen LogP) is 8.33. The van der Waals surface area contributed by atoms with Crippen molar-refractivity contribution in [2.75, 3.05) is 0 Å². The number of hydrogen-bond acceptors (Lipinski definition) is 5. The second kappa shape index (κ2) is 20.3. The second-order valence-electron chi connectivity index (χ2n) is 11.0. The molecule has 5 nitrogen and oxygen atoms in total. The molecule has 0 aliphatic rings. The van der Waals surface area contributed by atoms with Crippen molar-refractivity contribution in [3.63, 3.8) is 0 Å². The molecule has 0 heterocycles. The van der Waals surface area contributed by atoms with Crippen molar-refractivity contribution >= 4 is 23.5 Å². The lowest BCUT2D eigenvalue weighted by atomic mass is 9.63. The number of Topliss-reactive ketones (excluding diaryl/α,β-unsaturated/α-hetero) is 2. The largest absolute Gasteiger partial charge is 0.387 e. The number of ketones is 2. The summed E-state index contributed by atoms with van der Waals surface area (Å²) < 4.78 is 4.71. The highest BCUT2D eigenvalue weighted by Crippen LogP contribution is 2.42. The number of allylic oxidation sites excluding steroid dienone is 2. The molecule has 0 saturated carbocycles. The Morgan fingerprint density at radius 1 is 0.694 bits per heavy atom. The van der Waals surface area contributed by atoms with Gasteiger partial charge >= 0.3 is 11.9 Å². The highest BCUT2D eigenvalue weighted by molar-refractivity contribution is 6.37. The number of ether oxygens (including phenoxy) is 1. The van der Waals surface area contributed by atoms with Gasteiger partial charge in [-0.25, -0.2) is 4.79 Å². The summed E-state index contributed by atoms with van der Waals surface area (Å²) in [6, 6.07) is 0. The molecule has 0 unspecified atom stereocenters. The lowest BCUT2D eigenvalue weighted by Crippen LogP contribution is -2.46. The highest BCUT2D eigenvalue weighted by atomic mass is 16.6. The summed E-state index contributed by atoms with van der Waals surface area (Å²) in [6.07, 6.45) is 21.8. The van der Waals surface area contributed by atoms with Gasteiger partial charge in [-0.2, -0.15) is 0 Å². The quantitative estimate of drug-likeness (QED) is 0.0485. The Balaban J connectivity index is 4.33. The molecule has 0 rings (SSSR count). The van der Waals surface area contributed by atoms with Crippen molar-refractivity contribution in [3.05, 3.63) is 12.2 Å². The maximum absolute atomic E-state index is 13.1. The zero-order valence-corrected chi connectivity index (χ0v) is 24.2. The fraction of sp³-hybridized carbons (Fsp3) is 0.806. The fourth-order valence-electron chi connectivity index (χ4n) is 5.13. The highest BCUT2D eigenvalue weighted by Gasteiger charge is 2.47. The van der Waals surface area contributed by atoms with Crippen molar-refractivity contribution in [2.24, 2.45) is 17.3 Å². The van der Waals surface area contributed by atoms with Crippen LogP contribution in [0.4, 0.5) is 0 Å². The first-order valence-corrected chi connectivity index (χ1v) is 14.5. The molecule has 0 aromatic heterocycles. The summed E-state index contributed by atoms with van der Waals surface area (Å²) in [5.41, 5.74) is -0.867. The zero-order valence-electron chi connectivity index (χ0n) is 24.2. The summed E-state index contributed by atoms with van der Waals surface area (Å²) in [5.74, 6) is -3.26. The fourth-order valence-corrected chi connectivity index (χ4v) is 5.13. The molecule has 0 atom stereocenters. The van der Waals surface area contributed by atoms with E-state index < -0.39 is 35.3 Å². The summed E-state index contributed by atoms with van der Waals surface area (Å²) in [5, 5.41) is 0. The smallest absolute Gasteiger partial charge is 0.382 e. The lowest BCUT2D eigenvalue weighted by molar-refractivity contribution is -0.169. The summed E-state index contributed by atoms with van der Waals surface area (Å²) in [7, 11) is 0. The molecule has 0 spiro atoms. The van der Waals surface area contributed by atoms with Gasteiger partial charge in [0, 0.05) is 5.41 Å². The van der Waals surface area contributed by atoms with Crippen molar-refractivity contribution in [3.8, 4) is 0 Å². The maximum Gasteiger partial charge on any atom is 0.382 e. The van der Waals surface area contributed by atoms with E-state index in [2.05, 4.69) is 19.1 Å². The van der Waals surface area contributed by atoms with Gasteiger partial charge in [0.15, 0.2) is 0 Å². The minimum Gasteiger partial charge on any atom is -0.387 e. The topological polar surface area (TPSA) is 77.5 Å². The molecule has 0 aromatic rings. The zero-order chi connectivity index (χ0) is 27.4. The van der Waals surface area contributed by atoms with Crippen LogP contribution in [0.5, 0.6) is 0 Å². The maximum atomic E-state index is 13.1. The van der Waals surface area contributed by atoms with E-state index in [0.29, 0.717) is 6.42 Å². The van der Waals surface area contributed by atoms with Gasteiger partial charge in [-0.1, -0.05) is 111 Å². The summed E-state index contributed by atoms with van der Waals surface area (Å²) in [4.78, 5) is 48.4. The number of esters is 2. The van der Waals surface area contributed by atoms with Gasteiger partial charge in [-0.3, -0.25) is 14.4 Å². The van der Waals surface area contributed by atoms with E-state index in [9.17, 15) is 19.2 Å². The van der Waals surface area contributed by atoms with Crippen LogP contribution in [-0.4, -0.2) is 23.5 Å². The number of unbranched alkanes of at least 4 members (excludes halogenated alkanes) is 12. The van der Waals surface area contributed by atoms with Crippen molar-refractivity contribution < 1.29 is 23.9 Å². The van der Waals surface area contributed by atoms with Gasteiger partial charge in [0.05, 0.1) is 0 Å². The molecule has 0 aromatic carbocycles. The standard InChI is InChI=1S/C31H54O5/c1-7-8-9-10-11-12-13-14-15-16-17-18-19-20-21-22-23-31(25(2)3,26(4)5)29(34)30(35)36-28(33)24-27(6)32/h14-15,25-26H,7-13,16-24H2,1-6H3/b15-14-. The number of hydrogen-bond donors (Lipinski definition) is 0. The van der Waals surface area contributed by atoms with Crippen LogP contribution in [0, 0.1) is 17.3 Å². The molecule has 0 aliphatic heterocycles. The van der Waals surface area contributed by atoms with Crippen LogP contribution in [0.25, 0.3) is 0 Å². The van der Waals surface area contributed by atoms with E-state index in [1.807, 2.05) is 27.7 Å². The molecular formula is C31H54O5. The Kier molecular flexibility index (Phi) is 19.3. The third kappa shape index (κ3) is 14.1. The molecule has 0 N–H and O–H groups in total. The van der Waals surface area contributed by atoms with Gasteiger partial charge in [0.2, 0.25) is 5.78 Å². The molecule has 0 aliphatic carbocycles. The Hall–Kier alpha value is -1.78. The molecule has 0 fully saturated rings. The first kappa shape index (κ1) is 34.2. The lowest BCUT2D eigenvalue weighted by Gasteiger charge is -2.39. The van der Waals surface area contributed by atoms with E-state index in [-0.39, 0.29) is 11.8 Å². The first-order valence-electron chi connectivity index (χ1n) is 14.5. The molecule has 0 bridgehead atoms. The Morgan fingerprint density at radius 3 is 1.58 bits per heavy atom. The van der Waals surface area contributed by atoms with E-state index in [4.69, 9.17) is 4.74 Å². The van der Waals surface area contributed by atoms with Crippen LogP contribution in [0.15, 0.2) is 12.2 Å². The van der Waals surface area contributed by atoms with E-state index in [1.54, 1.807) is 0 Å². The van der Waals surface area contributed by atoms with Crippen LogP contribution in [0.1, 0.15) is 144 Å². The van der Waals surface area contributed by atoms with E-state index in [1.165, 1.54) is 71.1 Å². The van der Waals surface area contributed by atoms with Gasteiger partial charge in [-0.05, 0) is 50.9 Å². The molecular weight excluding hydrogens is 452 g/mol. The Morgan fingerprint density at radius 2 is 1.14 bits per heavy atom. The van der Waals surface area contributed by atoms with Crippen LogP contribution in [0.2, 0.25) is 0 Å². The van der Waals surface area contributed by atoms with Gasteiger partial charge in [0.25, 0.3) is 0 Å². The molecule has 36 heavy (non-hydrogen) atoms. The van der Waals surface area contributed by atoms with Crippen LogP contribution >= 0.6 is 0 Å². The number of carbonyl (C=O) groups is 4. The summed E-state index contributed by atoms with van der Waals surface area (Å²) >= 11 is 0. The monoisotopic (exact) mass is 506 g/mol. The van der Waals surface area contributed by atoms with Crippen LogP contribution < -0.4 is 0 Å². The minimum absolute atomic E-state index is 0.0661. The molecule has 0 radical (unpaired) electrons.